The van der Waals surface area contributed by atoms with Crippen molar-refractivity contribution in [1.29, 1.82) is 0 Å². The largest absolute Gasteiger partial charge is 0.314 e. The maximum absolute atomic E-state index is 13.7. The second-order valence-corrected chi connectivity index (χ2v) is 5.40. The number of piperidine rings is 1. The van der Waals surface area contributed by atoms with Gasteiger partial charge in [-0.25, -0.2) is 4.39 Å². The summed E-state index contributed by atoms with van der Waals surface area (Å²) in [7, 11) is 0. The molecule has 0 amide bonds. The molecule has 1 saturated heterocycles. The number of rotatable bonds is 2. The molecular formula is C12H14BrClFN. The lowest BCUT2D eigenvalue weighted by Crippen LogP contribution is -2.35. The molecule has 1 aliphatic rings. The summed E-state index contributed by atoms with van der Waals surface area (Å²) in [4.78, 5) is 0. The fourth-order valence-corrected chi connectivity index (χ4v) is 2.70. The number of halogens is 3. The van der Waals surface area contributed by atoms with Gasteiger partial charge in [0.05, 0.1) is 5.02 Å². The van der Waals surface area contributed by atoms with Crippen LogP contribution in [0.15, 0.2) is 16.6 Å². The van der Waals surface area contributed by atoms with E-state index in [1.807, 2.05) is 0 Å². The van der Waals surface area contributed by atoms with E-state index in [0.29, 0.717) is 23.0 Å². The van der Waals surface area contributed by atoms with E-state index in [4.69, 9.17) is 11.6 Å². The highest BCUT2D eigenvalue weighted by molar-refractivity contribution is 9.10. The molecule has 2 rings (SSSR count). The molecule has 4 heteroatoms. The van der Waals surface area contributed by atoms with Crippen LogP contribution in [-0.4, -0.2) is 12.6 Å². The van der Waals surface area contributed by atoms with Gasteiger partial charge in [-0.1, -0.05) is 18.0 Å². The molecule has 0 saturated carbocycles. The molecule has 1 fully saturated rings. The normalized spacial score (nSPS) is 21.1. The number of nitrogens with one attached hydrogen (secondary N) is 1. The summed E-state index contributed by atoms with van der Waals surface area (Å²) >= 11 is 9.43. The van der Waals surface area contributed by atoms with Gasteiger partial charge in [0, 0.05) is 16.1 Å². The van der Waals surface area contributed by atoms with Gasteiger partial charge < -0.3 is 5.32 Å². The Morgan fingerprint density at radius 1 is 1.44 bits per heavy atom. The summed E-state index contributed by atoms with van der Waals surface area (Å²) in [5, 5.41) is 3.91. The van der Waals surface area contributed by atoms with Crippen molar-refractivity contribution in [1.82, 2.24) is 5.32 Å². The first-order chi connectivity index (χ1) is 7.68. The van der Waals surface area contributed by atoms with Crippen molar-refractivity contribution < 1.29 is 4.39 Å². The van der Waals surface area contributed by atoms with Crippen LogP contribution < -0.4 is 5.32 Å². The predicted molar refractivity (Wildman–Crippen MR) is 68.5 cm³/mol. The second-order valence-electron chi connectivity index (χ2n) is 4.17. The van der Waals surface area contributed by atoms with Gasteiger partial charge in [-0.3, -0.25) is 0 Å². The lowest BCUT2D eigenvalue weighted by molar-refractivity contribution is 0.395. The van der Waals surface area contributed by atoms with Crippen LogP contribution in [0.2, 0.25) is 5.02 Å². The Labute approximate surface area is 109 Å². The minimum atomic E-state index is -0.208. The van der Waals surface area contributed by atoms with Crippen LogP contribution in [0.5, 0.6) is 0 Å². The third-order valence-electron chi connectivity index (χ3n) is 3.00. The molecule has 16 heavy (non-hydrogen) atoms. The maximum Gasteiger partial charge on any atom is 0.128 e. The first kappa shape index (κ1) is 12.3. The molecule has 1 N–H and O–H groups in total. The Morgan fingerprint density at radius 2 is 2.25 bits per heavy atom. The molecule has 1 aromatic carbocycles. The molecule has 1 atom stereocenters. The van der Waals surface area contributed by atoms with E-state index in [9.17, 15) is 4.39 Å². The van der Waals surface area contributed by atoms with E-state index in [1.165, 1.54) is 18.9 Å². The fourth-order valence-electron chi connectivity index (χ4n) is 2.10. The average molecular weight is 307 g/mol. The molecule has 1 aromatic rings. The Balaban J connectivity index is 2.16. The Bertz CT molecular complexity index is 378. The van der Waals surface area contributed by atoms with E-state index < -0.39 is 0 Å². The SMILES string of the molecule is Fc1ccc(Br)c(Cl)c1CC1CCCCN1. The fraction of sp³-hybridized carbons (Fsp3) is 0.500. The summed E-state index contributed by atoms with van der Waals surface area (Å²) in [6, 6.07) is 3.47. The zero-order chi connectivity index (χ0) is 11.5. The van der Waals surface area contributed by atoms with E-state index in [-0.39, 0.29) is 5.82 Å². The van der Waals surface area contributed by atoms with Crippen molar-refractivity contribution >= 4 is 27.5 Å². The standard InChI is InChI=1S/C12H14BrClFN/c13-10-4-5-11(15)9(12(10)14)7-8-3-1-2-6-16-8/h4-5,8,16H,1-3,6-7H2. The molecule has 0 aliphatic carbocycles. The van der Waals surface area contributed by atoms with Gasteiger partial charge in [-0.2, -0.15) is 0 Å². The van der Waals surface area contributed by atoms with Gasteiger partial charge in [0.1, 0.15) is 5.82 Å². The van der Waals surface area contributed by atoms with Crippen LogP contribution in [0.4, 0.5) is 4.39 Å². The van der Waals surface area contributed by atoms with Gasteiger partial charge in [0.2, 0.25) is 0 Å². The predicted octanol–water partition coefficient (Wildman–Crippen LogP) is 3.93. The Morgan fingerprint density at radius 3 is 2.94 bits per heavy atom. The van der Waals surface area contributed by atoms with Crippen molar-refractivity contribution in [2.45, 2.75) is 31.7 Å². The third kappa shape index (κ3) is 2.76. The van der Waals surface area contributed by atoms with Gasteiger partial charge >= 0.3 is 0 Å². The quantitative estimate of drug-likeness (QED) is 0.817. The van der Waals surface area contributed by atoms with Crippen molar-refractivity contribution in [2.24, 2.45) is 0 Å². The van der Waals surface area contributed by atoms with Gasteiger partial charge in [-0.15, -0.1) is 0 Å². The van der Waals surface area contributed by atoms with E-state index in [2.05, 4.69) is 21.2 Å². The summed E-state index contributed by atoms with van der Waals surface area (Å²) in [5.74, 6) is -0.208. The molecule has 1 nitrogen and oxygen atoms in total. The summed E-state index contributed by atoms with van der Waals surface area (Å²) < 4.78 is 14.4. The van der Waals surface area contributed by atoms with Gasteiger partial charge in [0.25, 0.3) is 0 Å². The smallest absolute Gasteiger partial charge is 0.128 e. The van der Waals surface area contributed by atoms with Crippen molar-refractivity contribution in [2.75, 3.05) is 6.54 Å². The minimum Gasteiger partial charge on any atom is -0.314 e. The zero-order valence-corrected chi connectivity index (χ0v) is 11.2. The molecule has 0 spiro atoms. The number of benzene rings is 1. The minimum absolute atomic E-state index is 0.208. The van der Waals surface area contributed by atoms with Crippen LogP contribution >= 0.6 is 27.5 Å². The summed E-state index contributed by atoms with van der Waals surface area (Å²) in [5.41, 5.74) is 0.621. The van der Waals surface area contributed by atoms with Crippen LogP contribution in [-0.2, 0) is 6.42 Å². The van der Waals surface area contributed by atoms with Crippen LogP contribution in [0.1, 0.15) is 24.8 Å². The van der Waals surface area contributed by atoms with E-state index in [1.54, 1.807) is 6.07 Å². The second kappa shape index (κ2) is 5.48. The molecular weight excluding hydrogens is 292 g/mol. The molecule has 0 aromatic heterocycles. The van der Waals surface area contributed by atoms with Gasteiger partial charge in [0.15, 0.2) is 0 Å². The number of hydrogen-bond acceptors (Lipinski definition) is 1. The summed E-state index contributed by atoms with van der Waals surface area (Å²) in [6.45, 7) is 1.03. The maximum atomic E-state index is 13.7. The first-order valence-electron chi connectivity index (χ1n) is 5.54. The highest BCUT2D eigenvalue weighted by Gasteiger charge is 2.18. The highest BCUT2D eigenvalue weighted by Crippen LogP contribution is 2.30. The lowest BCUT2D eigenvalue weighted by Gasteiger charge is -2.24. The van der Waals surface area contributed by atoms with Crippen molar-refractivity contribution in [3.05, 3.63) is 33.0 Å². The first-order valence-corrected chi connectivity index (χ1v) is 6.71. The van der Waals surface area contributed by atoms with Crippen molar-refractivity contribution in [3.8, 4) is 0 Å². The Kier molecular flexibility index (Phi) is 4.22. The molecule has 1 aliphatic heterocycles. The van der Waals surface area contributed by atoms with E-state index >= 15 is 0 Å². The van der Waals surface area contributed by atoms with Crippen LogP contribution in [0.3, 0.4) is 0 Å². The van der Waals surface area contributed by atoms with E-state index in [0.717, 1.165) is 17.4 Å². The number of hydrogen-bond donors (Lipinski definition) is 1. The monoisotopic (exact) mass is 305 g/mol. The topological polar surface area (TPSA) is 12.0 Å². The molecule has 1 heterocycles. The molecule has 88 valence electrons. The van der Waals surface area contributed by atoms with Crippen LogP contribution in [0.25, 0.3) is 0 Å². The lowest BCUT2D eigenvalue weighted by atomic mass is 9.97. The zero-order valence-electron chi connectivity index (χ0n) is 8.90. The highest BCUT2D eigenvalue weighted by atomic mass is 79.9. The third-order valence-corrected chi connectivity index (χ3v) is 4.32. The van der Waals surface area contributed by atoms with Gasteiger partial charge in [-0.05, 0) is 53.9 Å². The van der Waals surface area contributed by atoms with Crippen LogP contribution in [0, 0.1) is 5.82 Å². The molecule has 1 unspecified atom stereocenters. The average Bonchev–Trinajstić information content (AvgIpc) is 2.31. The summed E-state index contributed by atoms with van der Waals surface area (Å²) in [6.07, 6.45) is 4.20. The Hall–Kier alpha value is -0.120. The van der Waals surface area contributed by atoms with Crippen molar-refractivity contribution in [3.63, 3.8) is 0 Å². The molecule has 0 bridgehead atoms. The molecule has 0 radical (unpaired) electrons.